The summed E-state index contributed by atoms with van der Waals surface area (Å²) in [5, 5.41) is 0. The number of Topliss-reactive ketones (excluding diaryl/α,β-unsaturated/α-hetero) is 1. The van der Waals surface area contributed by atoms with Crippen LogP contribution in [-0.2, 0) is 6.18 Å². The van der Waals surface area contributed by atoms with Gasteiger partial charge >= 0.3 is 6.18 Å². The highest BCUT2D eigenvalue weighted by molar-refractivity contribution is 5.93. The van der Waals surface area contributed by atoms with Crippen LogP contribution in [0.4, 0.5) is 13.2 Å². The van der Waals surface area contributed by atoms with Gasteiger partial charge in [0.25, 0.3) is 5.56 Å². The Morgan fingerprint density at radius 3 is 2.29 bits per heavy atom. The number of carbonyl (C=O) groups excluding carboxylic acids is 1. The van der Waals surface area contributed by atoms with Gasteiger partial charge in [-0.15, -0.1) is 0 Å². The number of hydrogen-bond acceptors (Lipinski definition) is 2. The summed E-state index contributed by atoms with van der Waals surface area (Å²) in [6.07, 6.45) is -4.60. The van der Waals surface area contributed by atoms with E-state index in [0.717, 1.165) is 13.0 Å². The molecule has 1 N–H and O–H groups in total. The number of ketones is 1. The number of pyridine rings is 1. The van der Waals surface area contributed by atoms with E-state index in [1.165, 1.54) is 0 Å². The molecule has 0 aromatic carbocycles. The van der Waals surface area contributed by atoms with Gasteiger partial charge in [-0.3, -0.25) is 9.59 Å². The summed E-state index contributed by atoms with van der Waals surface area (Å²) >= 11 is 0. The molecule has 1 heterocycles. The molecule has 0 bridgehead atoms. The zero-order valence-electron chi connectivity index (χ0n) is 7.11. The summed E-state index contributed by atoms with van der Waals surface area (Å²) in [5.41, 5.74) is -2.46. The van der Waals surface area contributed by atoms with Crippen LogP contribution in [0.15, 0.2) is 16.9 Å². The van der Waals surface area contributed by atoms with E-state index < -0.39 is 23.2 Å². The van der Waals surface area contributed by atoms with E-state index in [1.54, 1.807) is 4.98 Å². The second kappa shape index (κ2) is 3.28. The van der Waals surface area contributed by atoms with Crippen LogP contribution >= 0.6 is 0 Å². The van der Waals surface area contributed by atoms with Gasteiger partial charge in [0.2, 0.25) is 0 Å². The first-order valence-corrected chi connectivity index (χ1v) is 3.64. The lowest BCUT2D eigenvalue weighted by molar-refractivity contribution is -0.141. The minimum Gasteiger partial charge on any atom is -0.318 e. The molecule has 0 fully saturated rings. The third-order valence-electron chi connectivity index (χ3n) is 1.59. The summed E-state index contributed by atoms with van der Waals surface area (Å²) in [6, 6.07) is 1.53. The van der Waals surface area contributed by atoms with Gasteiger partial charge in [0.05, 0.1) is 5.56 Å². The van der Waals surface area contributed by atoms with Crippen LogP contribution in [0.3, 0.4) is 0 Å². The summed E-state index contributed by atoms with van der Waals surface area (Å²) in [5.74, 6) is -0.569. The largest absolute Gasteiger partial charge is 0.431 e. The van der Waals surface area contributed by atoms with Gasteiger partial charge < -0.3 is 4.98 Å². The van der Waals surface area contributed by atoms with Crippen molar-refractivity contribution in [3.63, 3.8) is 0 Å². The van der Waals surface area contributed by atoms with Crippen LogP contribution in [0, 0.1) is 0 Å². The van der Waals surface area contributed by atoms with Crippen LogP contribution < -0.4 is 5.56 Å². The number of aromatic nitrogens is 1. The van der Waals surface area contributed by atoms with Crippen molar-refractivity contribution >= 4 is 5.78 Å². The first-order valence-electron chi connectivity index (χ1n) is 3.64. The van der Waals surface area contributed by atoms with Crippen molar-refractivity contribution in [1.29, 1.82) is 0 Å². The number of nitrogens with one attached hydrogen (secondary N) is 1. The van der Waals surface area contributed by atoms with E-state index in [2.05, 4.69) is 0 Å². The lowest BCUT2D eigenvalue weighted by Crippen LogP contribution is -2.21. The fourth-order valence-corrected chi connectivity index (χ4v) is 0.916. The maximum absolute atomic E-state index is 12.0. The summed E-state index contributed by atoms with van der Waals surface area (Å²) in [4.78, 5) is 23.3. The van der Waals surface area contributed by atoms with Crippen molar-refractivity contribution < 1.29 is 18.0 Å². The lowest BCUT2D eigenvalue weighted by atomic mass is 10.2. The molecule has 0 aliphatic rings. The first-order chi connectivity index (χ1) is 6.32. The molecular formula is C8H6F3NO2. The summed E-state index contributed by atoms with van der Waals surface area (Å²) < 4.78 is 36.1. The number of carbonyl (C=O) groups is 1. The average molecular weight is 205 g/mol. The quantitative estimate of drug-likeness (QED) is 0.708. The molecule has 14 heavy (non-hydrogen) atoms. The van der Waals surface area contributed by atoms with E-state index in [1.807, 2.05) is 0 Å². The van der Waals surface area contributed by atoms with Crippen LogP contribution in [0.2, 0.25) is 0 Å². The molecule has 0 saturated heterocycles. The number of hydrogen-bond donors (Lipinski definition) is 1. The van der Waals surface area contributed by atoms with Gasteiger partial charge in [-0.05, 0) is 19.1 Å². The predicted octanol–water partition coefficient (Wildman–Crippen LogP) is 1.60. The van der Waals surface area contributed by atoms with Crippen LogP contribution in [-0.4, -0.2) is 10.8 Å². The first kappa shape index (κ1) is 10.5. The molecule has 76 valence electrons. The predicted molar refractivity (Wildman–Crippen MR) is 42.1 cm³/mol. The highest BCUT2D eigenvalue weighted by Crippen LogP contribution is 2.26. The van der Waals surface area contributed by atoms with Crippen molar-refractivity contribution in [2.75, 3.05) is 0 Å². The van der Waals surface area contributed by atoms with Gasteiger partial charge in [-0.1, -0.05) is 0 Å². The fraction of sp³-hybridized carbons (Fsp3) is 0.250. The maximum atomic E-state index is 12.0. The third-order valence-corrected chi connectivity index (χ3v) is 1.59. The SMILES string of the molecule is CC(=O)c1ccc(C(F)(F)F)[nH]c1=O. The molecule has 0 unspecified atom stereocenters. The maximum Gasteiger partial charge on any atom is 0.431 e. The van der Waals surface area contributed by atoms with Crippen LogP contribution in [0.5, 0.6) is 0 Å². The fourth-order valence-electron chi connectivity index (χ4n) is 0.916. The zero-order chi connectivity index (χ0) is 10.9. The normalized spacial score (nSPS) is 11.4. The molecule has 6 heteroatoms. The summed E-state index contributed by atoms with van der Waals surface area (Å²) in [6.45, 7) is 1.11. The van der Waals surface area contributed by atoms with Gasteiger partial charge in [-0.2, -0.15) is 13.2 Å². The van der Waals surface area contributed by atoms with Crippen molar-refractivity contribution in [2.24, 2.45) is 0 Å². The number of halogens is 3. The van der Waals surface area contributed by atoms with Gasteiger partial charge in [-0.25, -0.2) is 0 Å². The zero-order valence-corrected chi connectivity index (χ0v) is 7.11. The van der Waals surface area contributed by atoms with E-state index in [4.69, 9.17) is 0 Å². The molecule has 1 aromatic heterocycles. The van der Waals surface area contributed by atoms with E-state index >= 15 is 0 Å². The van der Waals surface area contributed by atoms with Crippen LogP contribution in [0.1, 0.15) is 23.0 Å². The molecule has 0 amide bonds. The Morgan fingerprint density at radius 1 is 1.36 bits per heavy atom. The molecule has 1 aromatic rings. The number of rotatable bonds is 1. The molecule has 3 nitrogen and oxygen atoms in total. The Bertz CT molecular complexity index is 419. The van der Waals surface area contributed by atoms with Crippen molar-refractivity contribution in [1.82, 2.24) is 4.98 Å². The lowest BCUT2D eigenvalue weighted by Gasteiger charge is -2.05. The smallest absolute Gasteiger partial charge is 0.318 e. The Balaban J connectivity index is 3.27. The Hall–Kier alpha value is -1.59. The highest BCUT2D eigenvalue weighted by atomic mass is 19.4. The second-order valence-electron chi connectivity index (χ2n) is 2.67. The van der Waals surface area contributed by atoms with Gasteiger partial charge in [0, 0.05) is 0 Å². The van der Waals surface area contributed by atoms with Crippen molar-refractivity contribution in [2.45, 2.75) is 13.1 Å². The number of H-pyrrole nitrogens is 1. The van der Waals surface area contributed by atoms with Crippen molar-refractivity contribution in [3.8, 4) is 0 Å². The van der Waals surface area contributed by atoms with Crippen molar-refractivity contribution in [3.05, 3.63) is 33.7 Å². The highest BCUT2D eigenvalue weighted by Gasteiger charge is 2.32. The molecule has 0 atom stereocenters. The standard InChI is InChI=1S/C8H6F3NO2/c1-4(13)5-2-3-6(8(9,10)11)12-7(5)14/h2-3H,1H3,(H,12,14). The number of alkyl halides is 3. The average Bonchev–Trinajstić information content (AvgIpc) is 2.01. The minimum atomic E-state index is -4.60. The molecule has 1 rings (SSSR count). The molecule has 0 radical (unpaired) electrons. The molecule has 0 spiro atoms. The Kier molecular flexibility index (Phi) is 2.46. The minimum absolute atomic E-state index is 0.280. The van der Waals surface area contributed by atoms with Crippen LogP contribution in [0.25, 0.3) is 0 Å². The Labute approximate surface area is 76.6 Å². The molecule has 0 aliphatic heterocycles. The molecular weight excluding hydrogens is 199 g/mol. The van der Waals surface area contributed by atoms with E-state index in [-0.39, 0.29) is 5.56 Å². The Morgan fingerprint density at radius 2 is 1.93 bits per heavy atom. The molecule has 0 saturated carbocycles. The number of aromatic amines is 1. The van der Waals surface area contributed by atoms with Gasteiger partial charge in [0.1, 0.15) is 5.69 Å². The summed E-state index contributed by atoms with van der Waals surface area (Å²) in [7, 11) is 0. The second-order valence-corrected chi connectivity index (χ2v) is 2.67. The molecule has 0 aliphatic carbocycles. The monoisotopic (exact) mass is 205 g/mol. The third kappa shape index (κ3) is 2.01. The topological polar surface area (TPSA) is 49.9 Å². The van der Waals surface area contributed by atoms with Gasteiger partial charge in [0.15, 0.2) is 5.78 Å². The van der Waals surface area contributed by atoms with E-state index in [0.29, 0.717) is 6.07 Å². The van der Waals surface area contributed by atoms with E-state index in [9.17, 15) is 22.8 Å².